The summed E-state index contributed by atoms with van der Waals surface area (Å²) >= 11 is 0. The van der Waals surface area contributed by atoms with Crippen LogP contribution in [0.3, 0.4) is 0 Å². The second-order valence-electron chi connectivity index (χ2n) is 5.35. The highest BCUT2D eigenvalue weighted by atomic mass is 32.2. The van der Waals surface area contributed by atoms with Crippen molar-refractivity contribution in [2.75, 3.05) is 11.8 Å². The van der Waals surface area contributed by atoms with Gasteiger partial charge in [0.2, 0.25) is 16.0 Å². The van der Waals surface area contributed by atoms with Crippen LogP contribution in [0, 0.1) is 0 Å². The number of sulfonamides is 1. The fourth-order valence-corrected chi connectivity index (χ4v) is 3.13. The predicted molar refractivity (Wildman–Crippen MR) is 87.9 cm³/mol. The van der Waals surface area contributed by atoms with Gasteiger partial charge in [-0.1, -0.05) is 13.2 Å². The van der Waals surface area contributed by atoms with E-state index in [2.05, 4.69) is 27.8 Å². The first-order valence-corrected chi connectivity index (χ1v) is 8.48. The van der Waals surface area contributed by atoms with Crippen LogP contribution in [0.5, 0.6) is 0 Å². The lowest BCUT2D eigenvalue weighted by Crippen LogP contribution is -2.22. The van der Waals surface area contributed by atoms with Crippen LogP contribution in [0.1, 0.15) is 26.7 Å². The average molecular weight is 323 g/mol. The Morgan fingerprint density at radius 1 is 1.45 bits per heavy atom. The van der Waals surface area contributed by atoms with E-state index in [9.17, 15) is 8.42 Å². The number of allylic oxidation sites excluding steroid dienone is 3. The van der Waals surface area contributed by atoms with Gasteiger partial charge in [-0.05, 0) is 43.9 Å². The van der Waals surface area contributed by atoms with E-state index >= 15 is 0 Å². The third-order valence-electron chi connectivity index (χ3n) is 3.64. The molecule has 1 aromatic rings. The molecule has 1 aliphatic carbocycles. The number of aromatic nitrogens is 2. The Bertz CT molecular complexity index is 830. The van der Waals surface area contributed by atoms with Gasteiger partial charge in [-0.3, -0.25) is 4.72 Å². The van der Waals surface area contributed by atoms with E-state index in [1.165, 1.54) is 0 Å². The zero-order valence-corrected chi connectivity index (χ0v) is 13.9. The lowest BCUT2D eigenvalue weighted by Gasteiger charge is -2.05. The van der Waals surface area contributed by atoms with Gasteiger partial charge in [0.15, 0.2) is 0 Å². The number of aromatic amines is 1. The van der Waals surface area contributed by atoms with Crippen molar-refractivity contribution < 1.29 is 13.2 Å². The Kier molecular flexibility index (Phi) is 4.46. The molecule has 0 saturated heterocycles. The van der Waals surface area contributed by atoms with E-state index in [-0.39, 0.29) is 11.2 Å². The van der Waals surface area contributed by atoms with Gasteiger partial charge in [0.25, 0.3) is 0 Å². The summed E-state index contributed by atoms with van der Waals surface area (Å²) in [6.07, 6.45) is 3.14. The van der Waals surface area contributed by atoms with Gasteiger partial charge in [0.05, 0.1) is 28.8 Å². The van der Waals surface area contributed by atoms with Crippen molar-refractivity contribution in [2.24, 2.45) is 0 Å². The average Bonchev–Trinajstić information content (AvgIpc) is 3.25. The number of ether oxygens (including phenoxy) is 1. The van der Waals surface area contributed by atoms with Crippen LogP contribution in [0.25, 0.3) is 12.7 Å². The zero-order chi connectivity index (χ0) is 16.5. The lowest BCUT2D eigenvalue weighted by molar-refractivity contribution is 0.290. The minimum atomic E-state index is -3.34. The monoisotopic (exact) mass is 323 g/mol. The van der Waals surface area contributed by atoms with Gasteiger partial charge in [0.1, 0.15) is 0 Å². The molecule has 0 amide bonds. The molecule has 1 fully saturated rings. The molecule has 6 nitrogen and oxygen atoms in total. The maximum atomic E-state index is 11.9. The SMILES string of the molecule is C=C(C=c1nc(NS(=O)(=O)C2CC2)[nH]c1=C)C(C)=C(C)OC. The predicted octanol–water partition coefficient (Wildman–Crippen LogP) is 1.00. The third kappa shape index (κ3) is 3.59. The van der Waals surface area contributed by atoms with E-state index in [1.807, 2.05) is 13.8 Å². The second kappa shape index (κ2) is 6.00. The fourth-order valence-electron chi connectivity index (χ4n) is 1.84. The number of imidazole rings is 1. The highest BCUT2D eigenvalue weighted by Gasteiger charge is 2.36. The number of anilines is 1. The van der Waals surface area contributed by atoms with Gasteiger partial charge in [-0.25, -0.2) is 13.4 Å². The van der Waals surface area contributed by atoms with Crippen molar-refractivity contribution in [1.82, 2.24) is 9.97 Å². The molecule has 2 rings (SSSR count). The minimum Gasteiger partial charge on any atom is -0.501 e. The van der Waals surface area contributed by atoms with Gasteiger partial charge in [-0.2, -0.15) is 0 Å². The topological polar surface area (TPSA) is 84.1 Å². The number of rotatable bonds is 6. The maximum Gasteiger partial charge on any atom is 0.237 e. The Morgan fingerprint density at radius 2 is 2.09 bits per heavy atom. The second-order valence-corrected chi connectivity index (χ2v) is 7.31. The number of nitrogens with zero attached hydrogens (tertiary/aromatic N) is 1. The molecule has 22 heavy (non-hydrogen) atoms. The molecule has 1 aliphatic rings. The normalized spacial score (nSPS) is 17.1. The molecule has 1 saturated carbocycles. The van der Waals surface area contributed by atoms with E-state index in [4.69, 9.17) is 4.74 Å². The largest absolute Gasteiger partial charge is 0.501 e. The summed E-state index contributed by atoms with van der Waals surface area (Å²) in [4.78, 5) is 7.06. The summed E-state index contributed by atoms with van der Waals surface area (Å²) in [5.74, 6) is 0.943. The minimum absolute atomic E-state index is 0.182. The molecule has 1 aromatic heterocycles. The van der Waals surface area contributed by atoms with E-state index in [1.54, 1.807) is 13.2 Å². The lowest BCUT2D eigenvalue weighted by atomic mass is 10.1. The molecule has 0 atom stereocenters. The Balaban J connectivity index is 2.28. The Hall–Kier alpha value is -2.02. The van der Waals surface area contributed by atoms with Crippen LogP contribution < -0.4 is 15.4 Å². The maximum absolute atomic E-state index is 11.9. The van der Waals surface area contributed by atoms with Crippen LogP contribution in [-0.4, -0.2) is 30.7 Å². The number of hydrogen-bond acceptors (Lipinski definition) is 4. The van der Waals surface area contributed by atoms with E-state index in [0.717, 1.165) is 16.9 Å². The molecule has 0 radical (unpaired) electrons. The molecule has 120 valence electrons. The molecule has 0 bridgehead atoms. The molecule has 0 aliphatic heterocycles. The van der Waals surface area contributed by atoms with Crippen LogP contribution in [0.4, 0.5) is 5.95 Å². The van der Waals surface area contributed by atoms with Crippen molar-refractivity contribution in [3.63, 3.8) is 0 Å². The molecular formula is C15H21N3O3S. The summed E-state index contributed by atoms with van der Waals surface area (Å²) in [5, 5.41) is 0.766. The van der Waals surface area contributed by atoms with Crippen molar-refractivity contribution in [3.8, 4) is 0 Å². The van der Waals surface area contributed by atoms with Crippen LogP contribution in [0.2, 0.25) is 0 Å². The van der Waals surface area contributed by atoms with Crippen LogP contribution >= 0.6 is 0 Å². The number of nitrogens with one attached hydrogen (secondary N) is 2. The highest BCUT2D eigenvalue weighted by molar-refractivity contribution is 7.93. The van der Waals surface area contributed by atoms with Crippen molar-refractivity contribution in [3.05, 3.63) is 34.2 Å². The molecule has 0 unspecified atom stereocenters. The summed E-state index contributed by atoms with van der Waals surface area (Å²) in [6.45, 7) is 11.5. The first kappa shape index (κ1) is 16.4. The summed E-state index contributed by atoms with van der Waals surface area (Å²) in [7, 11) is -1.75. The molecule has 2 N–H and O–H groups in total. The first-order chi connectivity index (χ1) is 10.2. The first-order valence-electron chi connectivity index (χ1n) is 6.93. The fraction of sp³-hybridized carbons (Fsp3) is 0.400. The standard InChI is InChI=1S/C15H21N3O3S/c1-9(10(2)12(4)21-5)8-14-11(3)16-15(17-14)18-22(19,20)13-6-7-13/h8,13H,1,3,6-7H2,2,4-5H3,(H2,16,17,18). The van der Waals surface area contributed by atoms with E-state index < -0.39 is 10.0 Å². The molecule has 7 heteroatoms. The Labute approximate surface area is 130 Å². The zero-order valence-electron chi connectivity index (χ0n) is 13.1. The Morgan fingerprint density at radius 3 is 2.64 bits per heavy atom. The van der Waals surface area contributed by atoms with Crippen LogP contribution in [-0.2, 0) is 14.8 Å². The number of hydrogen-bond donors (Lipinski definition) is 2. The molecule has 1 heterocycles. The van der Waals surface area contributed by atoms with Gasteiger partial charge < -0.3 is 9.72 Å². The smallest absolute Gasteiger partial charge is 0.237 e. The van der Waals surface area contributed by atoms with Crippen molar-refractivity contribution in [1.29, 1.82) is 0 Å². The number of H-pyrrole nitrogens is 1. The van der Waals surface area contributed by atoms with Gasteiger partial charge in [0, 0.05) is 0 Å². The summed E-state index contributed by atoms with van der Waals surface area (Å²) in [6, 6.07) is 0. The van der Waals surface area contributed by atoms with Crippen molar-refractivity contribution in [2.45, 2.75) is 31.9 Å². The molecular weight excluding hydrogens is 302 g/mol. The molecule has 0 aromatic carbocycles. The summed E-state index contributed by atoms with van der Waals surface area (Å²) < 4.78 is 31.4. The van der Waals surface area contributed by atoms with Gasteiger partial charge in [-0.15, -0.1) is 0 Å². The van der Waals surface area contributed by atoms with Crippen molar-refractivity contribution >= 4 is 28.6 Å². The van der Waals surface area contributed by atoms with E-state index in [0.29, 0.717) is 23.5 Å². The molecule has 0 spiro atoms. The third-order valence-corrected chi connectivity index (χ3v) is 5.47. The highest BCUT2D eigenvalue weighted by Crippen LogP contribution is 2.28. The van der Waals surface area contributed by atoms with Crippen LogP contribution in [0.15, 0.2) is 23.5 Å². The summed E-state index contributed by atoms with van der Waals surface area (Å²) in [5.41, 5.74) is 1.62. The van der Waals surface area contributed by atoms with Gasteiger partial charge >= 0.3 is 0 Å². The quantitative estimate of drug-likeness (QED) is 0.604. The number of methoxy groups -OCH3 is 1.